The molecule has 0 radical (unpaired) electrons. The van der Waals surface area contributed by atoms with E-state index in [1.54, 1.807) is 6.07 Å². The van der Waals surface area contributed by atoms with Crippen LogP contribution in [0.25, 0.3) is 0 Å². The number of nitrogens with zero attached hydrogens (tertiary/aromatic N) is 2. The molecule has 1 aliphatic rings. The lowest BCUT2D eigenvalue weighted by Gasteiger charge is -2.21. The smallest absolute Gasteiger partial charge is 0.305 e. The Morgan fingerprint density at radius 3 is 2.79 bits per heavy atom. The maximum Gasteiger partial charge on any atom is 0.305 e. The standard InChI is InChI=1S/C17H18BrN3O3/c18-13-3-1-2-11(8-13)10-21(7-6-16(22)23)17(24)15-9-14(19-20-15)12-4-5-12/h1-3,8-9,12H,4-7,10H2,(H,19,20)(H,22,23). The average molecular weight is 392 g/mol. The van der Waals surface area contributed by atoms with Gasteiger partial charge in [0.2, 0.25) is 0 Å². The van der Waals surface area contributed by atoms with Crippen LogP contribution in [0.4, 0.5) is 0 Å². The van der Waals surface area contributed by atoms with Crippen molar-refractivity contribution in [1.82, 2.24) is 15.1 Å². The van der Waals surface area contributed by atoms with Crippen LogP contribution in [0.15, 0.2) is 34.8 Å². The number of hydrogen-bond donors (Lipinski definition) is 2. The van der Waals surface area contributed by atoms with Gasteiger partial charge in [0.05, 0.1) is 6.42 Å². The van der Waals surface area contributed by atoms with Gasteiger partial charge in [0.1, 0.15) is 5.69 Å². The van der Waals surface area contributed by atoms with Gasteiger partial charge in [-0.1, -0.05) is 28.1 Å². The molecule has 1 aromatic carbocycles. The van der Waals surface area contributed by atoms with E-state index >= 15 is 0 Å². The van der Waals surface area contributed by atoms with E-state index in [1.165, 1.54) is 4.90 Å². The van der Waals surface area contributed by atoms with Gasteiger partial charge in [0.25, 0.3) is 5.91 Å². The van der Waals surface area contributed by atoms with Crippen LogP contribution in [0.5, 0.6) is 0 Å². The zero-order valence-corrected chi connectivity index (χ0v) is 14.6. The van der Waals surface area contributed by atoms with Crippen molar-refractivity contribution in [3.63, 3.8) is 0 Å². The Kier molecular flexibility index (Phi) is 4.99. The van der Waals surface area contributed by atoms with Crippen molar-refractivity contribution in [3.05, 3.63) is 51.8 Å². The molecule has 24 heavy (non-hydrogen) atoms. The van der Waals surface area contributed by atoms with Crippen molar-refractivity contribution < 1.29 is 14.7 Å². The minimum Gasteiger partial charge on any atom is -0.481 e. The number of aromatic amines is 1. The van der Waals surface area contributed by atoms with Gasteiger partial charge in [0, 0.05) is 29.2 Å². The van der Waals surface area contributed by atoms with Gasteiger partial charge in [-0.25, -0.2) is 0 Å². The molecule has 0 saturated heterocycles. The molecule has 126 valence electrons. The number of carbonyl (C=O) groups is 2. The third-order valence-corrected chi connectivity index (χ3v) is 4.47. The van der Waals surface area contributed by atoms with E-state index in [1.807, 2.05) is 24.3 Å². The molecule has 0 spiro atoms. The molecule has 1 saturated carbocycles. The summed E-state index contributed by atoms with van der Waals surface area (Å²) in [5.41, 5.74) is 2.26. The number of hydrogen-bond acceptors (Lipinski definition) is 3. The minimum atomic E-state index is -0.928. The molecule has 3 rings (SSSR count). The largest absolute Gasteiger partial charge is 0.481 e. The van der Waals surface area contributed by atoms with E-state index in [4.69, 9.17) is 5.11 Å². The fraction of sp³-hybridized carbons (Fsp3) is 0.353. The Bertz CT molecular complexity index is 755. The summed E-state index contributed by atoms with van der Waals surface area (Å²) in [5.74, 6) is -0.696. The molecule has 0 aliphatic heterocycles. The summed E-state index contributed by atoms with van der Waals surface area (Å²) in [6.45, 7) is 0.490. The first-order chi connectivity index (χ1) is 11.5. The van der Waals surface area contributed by atoms with E-state index in [0.717, 1.165) is 28.6 Å². The topological polar surface area (TPSA) is 86.3 Å². The van der Waals surface area contributed by atoms with Crippen LogP contribution < -0.4 is 0 Å². The van der Waals surface area contributed by atoms with E-state index in [-0.39, 0.29) is 18.9 Å². The summed E-state index contributed by atoms with van der Waals surface area (Å²) in [6.07, 6.45) is 2.15. The molecule has 0 unspecified atom stereocenters. The van der Waals surface area contributed by atoms with Gasteiger partial charge in [0.15, 0.2) is 0 Å². The molecule has 0 atom stereocenters. The molecule has 7 heteroatoms. The summed E-state index contributed by atoms with van der Waals surface area (Å²) in [4.78, 5) is 25.2. The number of rotatable bonds is 7. The lowest BCUT2D eigenvalue weighted by Crippen LogP contribution is -2.32. The SMILES string of the molecule is O=C(O)CCN(Cc1cccc(Br)c1)C(=O)c1cc(C2CC2)[nH]n1. The van der Waals surface area contributed by atoms with E-state index < -0.39 is 5.97 Å². The third-order valence-electron chi connectivity index (χ3n) is 3.98. The van der Waals surface area contributed by atoms with Crippen molar-refractivity contribution in [2.24, 2.45) is 0 Å². The number of benzene rings is 1. The Hall–Kier alpha value is -2.15. The maximum absolute atomic E-state index is 12.7. The zero-order chi connectivity index (χ0) is 17.1. The Morgan fingerprint density at radius 2 is 2.12 bits per heavy atom. The molecular weight excluding hydrogens is 374 g/mol. The van der Waals surface area contributed by atoms with Crippen LogP contribution in [0.1, 0.15) is 46.9 Å². The second kappa shape index (κ2) is 7.17. The molecule has 1 aliphatic carbocycles. The molecule has 2 aromatic rings. The van der Waals surface area contributed by atoms with Gasteiger partial charge < -0.3 is 10.0 Å². The maximum atomic E-state index is 12.7. The summed E-state index contributed by atoms with van der Waals surface area (Å²) >= 11 is 3.41. The van der Waals surface area contributed by atoms with Crippen molar-refractivity contribution in [2.75, 3.05) is 6.54 Å². The molecule has 1 amide bonds. The quantitative estimate of drug-likeness (QED) is 0.758. The summed E-state index contributed by atoms with van der Waals surface area (Å²) < 4.78 is 0.918. The first kappa shape index (κ1) is 16.7. The van der Waals surface area contributed by atoms with Crippen molar-refractivity contribution in [2.45, 2.75) is 31.7 Å². The van der Waals surface area contributed by atoms with Crippen LogP contribution in [0.3, 0.4) is 0 Å². The predicted octanol–water partition coefficient (Wildman–Crippen LogP) is 3.17. The van der Waals surface area contributed by atoms with Gasteiger partial charge in [-0.15, -0.1) is 0 Å². The number of aromatic nitrogens is 2. The van der Waals surface area contributed by atoms with E-state index in [0.29, 0.717) is 18.2 Å². The highest BCUT2D eigenvalue weighted by Crippen LogP contribution is 2.39. The fourth-order valence-electron chi connectivity index (χ4n) is 2.55. The summed E-state index contributed by atoms with van der Waals surface area (Å²) in [6, 6.07) is 9.41. The number of aliphatic carboxylic acids is 1. The molecule has 0 bridgehead atoms. The number of nitrogens with one attached hydrogen (secondary N) is 1. The van der Waals surface area contributed by atoms with Gasteiger partial charge in [-0.3, -0.25) is 14.7 Å². The predicted molar refractivity (Wildman–Crippen MR) is 91.7 cm³/mol. The molecule has 1 fully saturated rings. The monoisotopic (exact) mass is 391 g/mol. The summed E-state index contributed by atoms with van der Waals surface area (Å²) in [5, 5.41) is 16.0. The van der Waals surface area contributed by atoms with Gasteiger partial charge in [-0.05, 0) is 36.6 Å². The van der Waals surface area contributed by atoms with Crippen molar-refractivity contribution in [3.8, 4) is 0 Å². The Labute approximate surface area is 148 Å². The van der Waals surface area contributed by atoms with Gasteiger partial charge in [-0.2, -0.15) is 5.10 Å². The van der Waals surface area contributed by atoms with Crippen molar-refractivity contribution >= 4 is 27.8 Å². The Morgan fingerprint density at radius 1 is 1.33 bits per heavy atom. The normalized spacial score (nSPS) is 13.7. The fourth-order valence-corrected chi connectivity index (χ4v) is 3.00. The van der Waals surface area contributed by atoms with E-state index in [9.17, 15) is 9.59 Å². The molecule has 6 nitrogen and oxygen atoms in total. The average Bonchev–Trinajstić information content (AvgIpc) is 3.28. The van der Waals surface area contributed by atoms with Gasteiger partial charge >= 0.3 is 5.97 Å². The number of carboxylic acid groups (broad SMARTS) is 1. The number of H-pyrrole nitrogens is 1. The molecule has 1 aromatic heterocycles. The molecular formula is C17H18BrN3O3. The van der Waals surface area contributed by atoms with Crippen LogP contribution in [0.2, 0.25) is 0 Å². The van der Waals surface area contributed by atoms with Crippen LogP contribution in [0, 0.1) is 0 Å². The third kappa shape index (κ3) is 4.23. The number of carboxylic acids is 1. The highest BCUT2D eigenvalue weighted by atomic mass is 79.9. The highest BCUT2D eigenvalue weighted by Gasteiger charge is 2.27. The highest BCUT2D eigenvalue weighted by molar-refractivity contribution is 9.10. The number of halogens is 1. The lowest BCUT2D eigenvalue weighted by atomic mass is 10.2. The first-order valence-corrected chi connectivity index (χ1v) is 8.63. The number of amides is 1. The summed E-state index contributed by atoms with van der Waals surface area (Å²) in [7, 11) is 0. The molecule has 1 heterocycles. The van der Waals surface area contributed by atoms with Crippen molar-refractivity contribution in [1.29, 1.82) is 0 Å². The lowest BCUT2D eigenvalue weighted by molar-refractivity contribution is -0.137. The number of carbonyl (C=O) groups excluding carboxylic acids is 1. The molecule has 2 N–H and O–H groups in total. The van der Waals surface area contributed by atoms with Crippen LogP contribution in [-0.4, -0.2) is 38.6 Å². The van der Waals surface area contributed by atoms with Crippen LogP contribution in [-0.2, 0) is 11.3 Å². The first-order valence-electron chi connectivity index (χ1n) is 7.84. The second-order valence-corrected chi connectivity index (χ2v) is 6.90. The zero-order valence-electron chi connectivity index (χ0n) is 13.0. The van der Waals surface area contributed by atoms with E-state index in [2.05, 4.69) is 26.1 Å². The van der Waals surface area contributed by atoms with Crippen LogP contribution >= 0.6 is 15.9 Å². The minimum absolute atomic E-state index is 0.0976. The second-order valence-electron chi connectivity index (χ2n) is 5.98. The Balaban J connectivity index is 1.76.